The largest absolute Gasteiger partial charge is 0.491 e. The third-order valence-electron chi connectivity index (χ3n) is 6.64. The van der Waals surface area contributed by atoms with Gasteiger partial charge < -0.3 is 14.4 Å². The van der Waals surface area contributed by atoms with Crippen LogP contribution in [0.3, 0.4) is 0 Å². The Morgan fingerprint density at radius 1 is 1.08 bits per heavy atom. The summed E-state index contributed by atoms with van der Waals surface area (Å²) >= 11 is 0. The van der Waals surface area contributed by atoms with Crippen molar-refractivity contribution in [2.45, 2.75) is 84.8 Å². The lowest BCUT2D eigenvalue weighted by atomic mass is 9.94. The summed E-state index contributed by atoms with van der Waals surface area (Å²) in [7, 11) is 1.66. The van der Waals surface area contributed by atoms with Crippen LogP contribution in [0, 0.1) is 5.92 Å². The van der Waals surface area contributed by atoms with E-state index in [1.54, 1.807) is 24.1 Å². The number of likely N-dealkylation sites (tertiary alicyclic amines) is 1. The van der Waals surface area contributed by atoms with Crippen molar-refractivity contribution in [3.8, 4) is 5.75 Å². The number of rotatable bonds is 5. The molecule has 0 radical (unpaired) electrons. The van der Waals surface area contributed by atoms with Crippen molar-refractivity contribution >= 4 is 28.9 Å². The number of fused-ring (bicyclic) bond motifs is 1. The first-order valence-corrected chi connectivity index (χ1v) is 13.6. The van der Waals surface area contributed by atoms with Gasteiger partial charge in [0, 0.05) is 26.6 Å². The Bertz CT molecular complexity index is 1200. The van der Waals surface area contributed by atoms with Gasteiger partial charge in [-0.2, -0.15) is 0 Å². The number of ether oxygens (including phenoxy) is 2. The predicted molar refractivity (Wildman–Crippen MR) is 145 cm³/mol. The second-order valence-electron chi connectivity index (χ2n) is 11.1. The number of aryl methyl sites for hydroxylation is 1. The van der Waals surface area contributed by atoms with Crippen LogP contribution in [0.1, 0.15) is 79.2 Å². The lowest BCUT2D eigenvalue weighted by Crippen LogP contribution is -2.44. The van der Waals surface area contributed by atoms with E-state index in [1.807, 2.05) is 26.8 Å². The number of benzene rings is 1. The topological polar surface area (TPSA) is 112 Å². The van der Waals surface area contributed by atoms with Gasteiger partial charge in [0.2, 0.25) is 11.8 Å². The molecule has 1 aromatic heterocycles. The molecule has 2 aromatic rings. The molecule has 4 rings (SSSR count). The number of nitrogens with zero attached hydrogens (tertiary/aromatic N) is 3. The van der Waals surface area contributed by atoms with Crippen LogP contribution >= 0.6 is 0 Å². The molecule has 210 valence electrons. The quantitative estimate of drug-likeness (QED) is 0.582. The Morgan fingerprint density at radius 2 is 1.74 bits per heavy atom. The average Bonchev–Trinajstić information content (AvgIpc) is 3.10. The molecule has 3 heterocycles. The minimum absolute atomic E-state index is 0.197. The van der Waals surface area contributed by atoms with Gasteiger partial charge in [-0.25, -0.2) is 9.59 Å². The molecule has 3 amide bonds. The molecule has 1 aromatic carbocycles. The van der Waals surface area contributed by atoms with Gasteiger partial charge in [0.25, 0.3) is 0 Å². The van der Waals surface area contributed by atoms with E-state index >= 15 is 0 Å². The van der Waals surface area contributed by atoms with Crippen molar-refractivity contribution in [1.29, 1.82) is 0 Å². The normalized spacial score (nSPS) is 18.6. The van der Waals surface area contributed by atoms with Crippen molar-refractivity contribution in [2.24, 2.45) is 13.0 Å². The van der Waals surface area contributed by atoms with E-state index in [0.717, 1.165) is 19.3 Å². The Kier molecular flexibility index (Phi) is 9.62. The monoisotopic (exact) mass is 530 g/mol. The lowest BCUT2D eigenvalue weighted by molar-refractivity contribution is -0.135. The van der Waals surface area contributed by atoms with Crippen LogP contribution in [0.25, 0.3) is 11.0 Å². The van der Waals surface area contributed by atoms with Gasteiger partial charge >= 0.3 is 11.8 Å². The molecule has 0 saturated carbocycles. The Morgan fingerprint density at radius 3 is 2.34 bits per heavy atom. The number of aromatic nitrogens is 2. The molecule has 38 heavy (non-hydrogen) atoms. The number of carbonyl (C=O) groups excluding carboxylic acids is 3. The molecule has 2 saturated heterocycles. The zero-order valence-electron chi connectivity index (χ0n) is 23.5. The average molecular weight is 531 g/mol. The minimum atomic E-state index is -0.727. The van der Waals surface area contributed by atoms with Gasteiger partial charge in [0.1, 0.15) is 22.9 Å². The van der Waals surface area contributed by atoms with Crippen LogP contribution in [-0.2, 0) is 21.4 Å². The van der Waals surface area contributed by atoms with Crippen molar-refractivity contribution in [2.75, 3.05) is 19.7 Å². The number of imidazole rings is 1. The highest BCUT2D eigenvalue weighted by Crippen LogP contribution is 2.29. The van der Waals surface area contributed by atoms with E-state index in [9.17, 15) is 19.2 Å². The Balaban J connectivity index is 0.00000127. The molecule has 2 aliphatic heterocycles. The van der Waals surface area contributed by atoms with Gasteiger partial charge in [-0.05, 0) is 64.5 Å². The summed E-state index contributed by atoms with van der Waals surface area (Å²) < 4.78 is 14.5. The van der Waals surface area contributed by atoms with Crippen LogP contribution in [0.5, 0.6) is 5.75 Å². The van der Waals surface area contributed by atoms with E-state index < -0.39 is 17.6 Å². The molecular weight excluding hydrogens is 488 g/mol. The molecule has 0 bridgehead atoms. The number of amides is 3. The zero-order valence-corrected chi connectivity index (χ0v) is 23.5. The van der Waals surface area contributed by atoms with Gasteiger partial charge in [-0.3, -0.25) is 24.0 Å². The number of imide groups is 1. The van der Waals surface area contributed by atoms with Crippen molar-refractivity contribution in [1.82, 2.24) is 19.4 Å². The highest BCUT2D eigenvalue weighted by Gasteiger charge is 2.32. The molecule has 2 fully saturated rings. The summed E-state index contributed by atoms with van der Waals surface area (Å²) in [5.74, 6) is 0.240. The fraction of sp³-hybridized carbons (Fsp3) is 0.643. The summed E-state index contributed by atoms with van der Waals surface area (Å²) in [6.07, 6.45) is 4.08. The minimum Gasteiger partial charge on any atom is -0.491 e. The Labute approximate surface area is 224 Å². The van der Waals surface area contributed by atoms with Crippen LogP contribution in [0.2, 0.25) is 0 Å². The van der Waals surface area contributed by atoms with Crippen molar-refractivity contribution in [3.05, 3.63) is 28.7 Å². The van der Waals surface area contributed by atoms with Crippen LogP contribution in [-0.4, -0.2) is 57.2 Å². The van der Waals surface area contributed by atoms with Crippen molar-refractivity contribution < 1.29 is 23.9 Å². The number of carbonyl (C=O) groups is 3. The summed E-state index contributed by atoms with van der Waals surface area (Å²) in [4.78, 5) is 51.0. The van der Waals surface area contributed by atoms with Gasteiger partial charge in [0.05, 0.1) is 12.1 Å². The molecule has 0 spiro atoms. The molecule has 2 aliphatic rings. The molecule has 10 heteroatoms. The molecular formula is C28H42N4O6. The molecule has 1 N–H and O–H groups in total. The first kappa shape index (κ1) is 29.3. The van der Waals surface area contributed by atoms with Crippen molar-refractivity contribution in [3.63, 3.8) is 0 Å². The SMILES string of the molecule is CCC.Cn1c(=O)n(C2CCC(=O)NC2=O)c2cccc(OCCC3CCN(C(=O)OC(C)(C)C)CC3)c21. The van der Waals surface area contributed by atoms with Crippen LogP contribution < -0.4 is 15.7 Å². The van der Waals surface area contributed by atoms with Gasteiger partial charge in [-0.15, -0.1) is 0 Å². The highest BCUT2D eigenvalue weighted by atomic mass is 16.6. The number of piperidine rings is 2. The predicted octanol–water partition coefficient (Wildman–Crippen LogP) is 4.15. The van der Waals surface area contributed by atoms with Crippen LogP contribution in [0.15, 0.2) is 23.0 Å². The lowest BCUT2D eigenvalue weighted by Gasteiger charge is -2.33. The summed E-state index contributed by atoms with van der Waals surface area (Å²) in [6.45, 7) is 11.7. The fourth-order valence-corrected chi connectivity index (χ4v) is 4.81. The molecule has 1 unspecified atom stereocenters. The van der Waals surface area contributed by atoms with Gasteiger partial charge in [-0.1, -0.05) is 26.3 Å². The van der Waals surface area contributed by atoms with E-state index in [0.29, 0.717) is 42.4 Å². The first-order chi connectivity index (χ1) is 18.0. The number of nitrogens with one attached hydrogen (secondary N) is 1. The number of hydrogen-bond donors (Lipinski definition) is 1. The Hall–Kier alpha value is -3.30. The maximum atomic E-state index is 13.0. The van der Waals surface area contributed by atoms with E-state index in [2.05, 4.69) is 19.2 Å². The first-order valence-electron chi connectivity index (χ1n) is 13.6. The summed E-state index contributed by atoms with van der Waals surface area (Å²) in [6, 6.07) is 4.69. The summed E-state index contributed by atoms with van der Waals surface area (Å²) in [5, 5.41) is 2.32. The third kappa shape index (κ3) is 6.96. The molecule has 1 atom stereocenters. The van der Waals surface area contributed by atoms with Gasteiger partial charge in [0.15, 0.2) is 0 Å². The van der Waals surface area contributed by atoms with Crippen LogP contribution in [0.4, 0.5) is 4.79 Å². The maximum Gasteiger partial charge on any atom is 0.410 e. The molecule has 10 nitrogen and oxygen atoms in total. The summed E-state index contributed by atoms with van der Waals surface area (Å²) in [5.41, 5.74) is 0.414. The zero-order chi connectivity index (χ0) is 28.0. The second-order valence-corrected chi connectivity index (χ2v) is 11.1. The van der Waals surface area contributed by atoms with E-state index in [4.69, 9.17) is 9.47 Å². The van der Waals surface area contributed by atoms with E-state index in [-0.39, 0.29) is 30.5 Å². The standard InChI is InChI=1S/C25H34N4O6.C3H8/c1-25(2,3)35-24(33)28-13-10-16(11-14-28)12-15-34-19-7-5-6-17-21(19)27(4)23(32)29(17)18-8-9-20(30)26-22(18)31;1-3-2/h5-7,16,18H,8-15H2,1-4H3,(H,26,30,31);3H2,1-2H3. The smallest absolute Gasteiger partial charge is 0.410 e. The third-order valence-corrected chi connectivity index (χ3v) is 6.64. The number of para-hydroxylation sites is 1. The maximum absolute atomic E-state index is 13.0. The fourth-order valence-electron chi connectivity index (χ4n) is 4.81. The molecule has 0 aliphatic carbocycles. The van der Waals surface area contributed by atoms with E-state index in [1.165, 1.54) is 15.6 Å². The second kappa shape index (κ2) is 12.5. The number of hydrogen-bond acceptors (Lipinski definition) is 6. The highest BCUT2D eigenvalue weighted by molar-refractivity contribution is 6.00.